The van der Waals surface area contributed by atoms with E-state index in [0.29, 0.717) is 16.4 Å². The van der Waals surface area contributed by atoms with E-state index in [9.17, 15) is 14.9 Å². The fraction of sp³-hybridized carbons (Fsp3) is 0.0833. The van der Waals surface area contributed by atoms with Gasteiger partial charge in [-0.25, -0.2) is 4.98 Å². The molecule has 154 valence electrons. The first-order valence-electron chi connectivity index (χ1n) is 9.61. The van der Waals surface area contributed by atoms with E-state index in [0.717, 1.165) is 27.1 Å². The Morgan fingerprint density at radius 3 is 2.00 bits per heavy atom. The maximum atomic E-state index is 12.7. The highest BCUT2D eigenvalue weighted by molar-refractivity contribution is 7.19. The van der Waals surface area contributed by atoms with Crippen molar-refractivity contribution in [3.05, 3.63) is 99.6 Å². The number of hydrogen-bond acceptors (Lipinski definition) is 5. The number of thiazole rings is 1. The third kappa shape index (κ3) is 4.51. The summed E-state index contributed by atoms with van der Waals surface area (Å²) in [6, 6.07) is 21.6. The third-order valence-corrected chi connectivity index (χ3v) is 5.85. The Morgan fingerprint density at radius 1 is 0.871 bits per heavy atom. The van der Waals surface area contributed by atoms with Crippen LogP contribution in [0.1, 0.15) is 21.5 Å². The first-order valence-corrected chi connectivity index (χ1v) is 10.4. The number of benzene rings is 3. The Hall–Kier alpha value is -3.84. The second kappa shape index (κ2) is 8.49. The number of non-ortho nitro benzene ring substituents is 1. The van der Waals surface area contributed by atoms with E-state index in [4.69, 9.17) is 0 Å². The number of nitrogens with zero attached hydrogens (tertiary/aromatic N) is 2. The molecule has 6 nitrogen and oxygen atoms in total. The summed E-state index contributed by atoms with van der Waals surface area (Å²) >= 11 is 1.37. The molecule has 31 heavy (non-hydrogen) atoms. The molecule has 4 aromatic rings. The number of nitro groups is 1. The highest BCUT2D eigenvalue weighted by Crippen LogP contribution is 2.39. The normalized spacial score (nSPS) is 10.6. The van der Waals surface area contributed by atoms with E-state index in [1.165, 1.54) is 23.5 Å². The summed E-state index contributed by atoms with van der Waals surface area (Å²) in [5.41, 5.74) is 5.16. The molecular weight excluding hydrogens is 410 g/mol. The third-order valence-electron chi connectivity index (χ3n) is 4.83. The number of hydrogen-bond donors (Lipinski definition) is 1. The van der Waals surface area contributed by atoms with Crippen LogP contribution in [0.15, 0.2) is 72.8 Å². The van der Waals surface area contributed by atoms with Crippen molar-refractivity contribution in [2.75, 3.05) is 5.32 Å². The molecule has 0 radical (unpaired) electrons. The lowest BCUT2D eigenvalue weighted by molar-refractivity contribution is -0.384. The summed E-state index contributed by atoms with van der Waals surface area (Å²) in [7, 11) is 0. The van der Waals surface area contributed by atoms with E-state index in [2.05, 4.69) is 10.3 Å². The average molecular weight is 430 g/mol. The minimum Gasteiger partial charge on any atom is -0.298 e. The van der Waals surface area contributed by atoms with E-state index < -0.39 is 4.92 Å². The van der Waals surface area contributed by atoms with Crippen molar-refractivity contribution in [2.24, 2.45) is 0 Å². The molecule has 0 saturated heterocycles. The van der Waals surface area contributed by atoms with Crippen molar-refractivity contribution in [3.63, 3.8) is 0 Å². The summed E-state index contributed by atoms with van der Waals surface area (Å²) in [4.78, 5) is 28.8. The van der Waals surface area contributed by atoms with Crippen LogP contribution in [0.2, 0.25) is 0 Å². The summed E-state index contributed by atoms with van der Waals surface area (Å²) in [6.45, 7) is 3.98. The molecule has 7 heteroatoms. The first kappa shape index (κ1) is 20.4. The van der Waals surface area contributed by atoms with Crippen molar-refractivity contribution in [1.29, 1.82) is 0 Å². The van der Waals surface area contributed by atoms with Crippen LogP contribution < -0.4 is 5.32 Å². The number of nitro benzene ring substituents is 1. The minimum absolute atomic E-state index is 0.0174. The monoisotopic (exact) mass is 429 g/mol. The quantitative estimate of drug-likeness (QED) is 0.300. The van der Waals surface area contributed by atoms with Crippen LogP contribution in [0.3, 0.4) is 0 Å². The maximum Gasteiger partial charge on any atom is 0.269 e. The van der Waals surface area contributed by atoms with Crippen molar-refractivity contribution in [1.82, 2.24) is 4.98 Å². The second-order valence-corrected chi connectivity index (χ2v) is 8.19. The molecule has 0 saturated carbocycles. The molecule has 0 fully saturated rings. The van der Waals surface area contributed by atoms with Gasteiger partial charge in [0.05, 0.1) is 15.5 Å². The van der Waals surface area contributed by atoms with E-state index in [-0.39, 0.29) is 11.6 Å². The molecule has 1 aromatic heterocycles. The Balaban J connectivity index is 1.72. The highest BCUT2D eigenvalue weighted by atomic mass is 32.1. The van der Waals surface area contributed by atoms with Gasteiger partial charge in [0.25, 0.3) is 11.6 Å². The van der Waals surface area contributed by atoms with Gasteiger partial charge >= 0.3 is 0 Å². The molecular formula is C24H19N3O3S. The largest absolute Gasteiger partial charge is 0.298 e. The molecule has 0 unspecified atom stereocenters. The fourth-order valence-electron chi connectivity index (χ4n) is 3.09. The number of amides is 1. The lowest BCUT2D eigenvalue weighted by Crippen LogP contribution is -2.11. The molecule has 0 aliphatic carbocycles. The van der Waals surface area contributed by atoms with E-state index >= 15 is 0 Å². The number of carbonyl (C=O) groups excluding carboxylic acids is 1. The summed E-state index contributed by atoms with van der Waals surface area (Å²) < 4.78 is 0. The van der Waals surface area contributed by atoms with Crippen LogP contribution in [0.25, 0.3) is 21.7 Å². The lowest BCUT2D eigenvalue weighted by atomic mass is 10.1. The van der Waals surface area contributed by atoms with Gasteiger partial charge in [0.1, 0.15) is 0 Å². The van der Waals surface area contributed by atoms with Crippen molar-refractivity contribution in [2.45, 2.75) is 13.8 Å². The van der Waals surface area contributed by atoms with Crippen molar-refractivity contribution < 1.29 is 9.72 Å². The molecule has 0 bridgehead atoms. The smallest absolute Gasteiger partial charge is 0.269 e. The summed E-state index contributed by atoms with van der Waals surface area (Å²) in [5, 5.41) is 14.3. The van der Waals surface area contributed by atoms with E-state index in [1.54, 1.807) is 24.3 Å². The number of carbonyl (C=O) groups is 1. The van der Waals surface area contributed by atoms with Gasteiger partial charge in [-0.2, -0.15) is 0 Å². The Kier molecular flexibility index (Phi) is 5.60. The Morgan fingerprint density at radius 2 is 1.42 bits per heavy atom. The zero-order valence-corrected chi connectivity index (χ0v) is 17.8. The van der Waals surface area contributed by atoms with Gasteiger partial charge in [0, 0.05) is 23.3 Å². The molecule has 1 N–H and O–H groups in total. The van der Waals surface area contributed by atoms with Crippen molar-refractivity contribution in [3.8, 4) is 21.7 Å². The van der Waals surface area contributed by atoms with Crippen LogP contribution in [-0.2, 0) is 0 Å². The number of nitrogens with one attached hydrogen (secondary N) is 1. The van der Waals surface area contributed by atoms with Gasteiger partial charge in [-0.05, 0) is 43.7 Å². The Labute approximate surface area is 183 Å². The van der Waals surface area contributed by atoms with Gasteiger partial charge in [-0.3, -0.25) is 20.2 Å². The van der Waals surface area contributed by atoms with Crippen LogP contribution in [0.4, 0.5) is 10.8 Å². The van der Waals surface area contributed by atoms with Gasteiger partial charge < -0.3 is 0 Å². The molecule has 1 heterocycles. The van der Waals surface area contributed by atoms with E-state index in [1.807, 2.05) is 50.2 Å². The molecule has 3 aromatic carbocycles. The number of anilines is 1. The first-order chi connectivity index (χ1) is 14.9. The van der Waals surface area contributed by atoms with Crippen LogP contribution in [-0.4, -0.2) is 15.8 Å². The zero-order valence-electron chi connectivity index (χ0n) is 17.0. The molecule has 1 amide bonds. The predicted molar refractivity (Wildman–Crippen MR) is 124 cm³/mol. The van der Waals surface area contributed by atoms with Gasteiger partial charge in [-0.15, -0.1) is 0 Å². The maximum absolute atomic E-state index is 12.7. The molecule has 0 aliphatic heterocycles. The van der Waals surface area contributed by atoms with Crippen LogP contribution in [0.5, 0.6) is 0 Å². The predicted octanol–water partition coefficient (Wildman–Crippen LogP) is 6.25. The number of rotatable bonds is 5. The molecule has 0 aliphatic rings. The summed E-state index contributed by atoms with van der Waals surface area (Å²) in [5.74, 6) is -0.237. The standard InChI is InChI=1S/C24H19N3O3S/c1-15-3-7-18(8-4-15)22-21(17-11-13-20(14-12-17)27(29)30)25-24(31-22)26-23(28)19-9-5-16(2)6-10-19/h3-14H,1-2H3,(H,25,26,28). The van der Waals surface area contributed by atoms with Gasteiger partial charge in [-0.1, -0.05) is 58.9 Å². The zero-order chi connectivity index (χ0) is 22.0. The van der Waals surface area contributed by atoms with Crippen molar-refractivity contribution >= 4 is 28.1 Å². The summed E-state index contributed by atoms with van der Waals surface area (Å²) in [6.07, 6.45) is 0. The van der Waals surface area contributed by atoms with Crippen LogP contribution >= 0.6 is 11.3 Å². The highest BCUT2D eigenvalue weighted by Gasteiger charge is 2.18. The number of aryl methyl sites for hydroxylation is 2. The molecule has 0 spiro atoms. The van der Waals surface area contributed by atoms with Gasteiger partial charge in [0.2, 0.25) is 0 Å². The lowest BCUT2D eigenvalue weighted by Gasteiger charge is -2.03. The molecule has 4 rings (SSSR count). The van der Waals surface area contributed by atoms with Gasteiger partial charge in [0.15, 0.2) is 5.13 Å². The minimum atomic E-state index is -0.432. The fourth-order valence-corrected chi connectivity index (χ4v) is 4.07. The average Bonchev–Trinajstić information content (AvgIpc) is 3.18. The topological polar surface area (TPSA) is 85.1 Å². The SMILES string of the molecule is Cc1ccc(C(=O)Nc2nc(-c3ccc([N+](=O)[O-])cc3)c(-c3ccc(C)cc3)s2)cc1. The number of aromatic nitrogens is 1. The second-order valence-electron chi connectivity index (χ2n) is 7.19. The Bertz CT molecular complexity index is 1240. The molecule has 0 atom stereocenters. The van der Waals surface area contributed by atoms with Crippen LogP contribution in [0, 0.1) is 24.0 Å².